The number of carboxylic acid groups (broad SMARTS) is 1. The molecule has 0 aliphatic carbocycles. The van der Waals surface area contributed by atoms with Crippen molar-refractivity contribution in [1.29, 1.82) is 0 Å². The molecule has 0 rings (SSSR count). The number of carbonyl (C=O) groups is 1. The predicted molar refractivity (Wildman–Crippen MR) is 41.9 cm³/mol. The lowest BCUT2D eigenvalue weighted by molar-refractivity contribution is -0.285. The molecule has 0 aromatic heterocycles. The van der Waals surface area contributed by atoms with E-state index in [2.05, 4.69) is 0 Å². The predicted octanol–water partition coefficient (Wildman–Crippen LogP) is 2.94. The van der Waals surface area contributed by atoms with Gasteiger partial charge in [0.15, 0.2) is 0 Å². The Balaban J connectivity index is 5.38. The molecule has 0 saturated heterocycles. The van der Waals surface area contributed by atoms with Gasteiger partial charge in [0, 0.05) is 18.6 Å². The highest BCUT2D eigenvalue weighted by atomic mass is 19.3. The van der Waals surface area contributed by atoms with E-state index < -0.39 is 35.4 Å². The van der Waals surface area contributed by atoms with Crippen molar-refractivity contribution in [3.8, 4) is 0 Å². The lowest BCUT2D eigenvalue weighted by Crippen LogP contribution is -2.51. The van der Waals surface area contributed by atoms with E-state index in [-0.39, 0.29) is 6.92 Å². The molecule has 0 radical (unpaired) electrons. The molecule has 0 aromatic rings. The Labute approximate surface area is 86.6 Å². The van der Waals surface area contributed by atoms with E-state index >= 15 is 0 Å². The van der Waals surface area contributed by atoms with Gasteiger partial charge in [-0.2, -0.15) is 26.3 Å². The van der Waals surface area contributed by atoms with Crippen LogP contribution in [0.3, 0.4) is 0 Å². The Hall–Kier alpha value is -1.21. The molecule has 0 saturated carbocycles. The van der Waals surface area contributed by atoms with Crippen LogP contribution in [0.15, 0.2) is 11.6 Å². The molecule has 0 atom stereocenters. The Morgan fingerprint density at radius 1 is 1.12 bits per heavy atom. The number of carboxylic acids is 1. The SMILES string of the molecule is CC(=CC(F)(F)C(F)(F)C(C)(F)F)C(=O)O. The zero-order valence-electron chi connectivity index (χ0n) is 8.20. The quantitative estimate of drug-likeness (QED) is 0.615. The minimum Gasteiger partial charge on any atom is -0.478 e. The van der Waals surface area contributed by atoms with Gasteiger partial charge in [0.2, 0.25) is 0 Å². The molecule has 0 amide bonds. The smallest absolute Gasteiger partial charge is 0.375 e. The Bertz CT molecular complexity index is 315. The summed E-state index contributed by atoms with van der Waals surface area (Å²) in [7, 11) is 0. The summed E-state index contributed by atoms with van der Waals surface area (Å²) >= 11 is 0. The monoisotopic (exact) mass is 250 g/mol. The van der Waals surface area contributed by atoms with E-state index in [9.17, 15) is 31.1 Å². The summed E-state index contributed by atoms with van der Waals surface area (Å²) in [6.07, 6.45) is -0.688. The summed E-state index contributed by atoms with van der Waals surface area (Å²) in [6.45, 7) is 0.227. The normalized spacial score (nSPS) is 15.1. The van der Waals surface area contributed by atoms with Crippen LogP contribution in [0.2, 0.25) is 0 Å². The first-order chi connectivity index (χ1) is 6.83. The van der Waals surface area contributed by atoms with Crippen LogP contribution in [0.4, 0.5) is 26.3 Å². The number of hydrogen-bond acceptors (Lipinski definition) is 1. The van der Waals surface area contributed by atoms with Crippen molar-refractivity contribution in [1.82, 2.24) is 0 Å². The molecule has 2 nitrogen and oxygen atoms in total. The number of alkyl halides is 6. The maximum Gasteiger partial charge on any atom is 0.375 e. The molecule has 0 spiro atoms. The van der Waals surface area contributed by atoms with Gasteiger partial charge in [-0.05, 0) is 6.92 Å². The molecule has 0 fully saturated rings. The standard InChI is InChI=1S/C8H8F6O2/c1-4(5(15)16)3-7(11,12)8(13,14)6(2,9)10/h3H,1-2H3,(H,15,16). The Morgan fingerprint density at radius 2 is 1.50 bits per heavy atom. The summed E-state index contributed by atoms with van der Waals surface area (Å²) in [5.74, 6) is -17.8. The van der Waals surface area contributed by atoms with Gasteiger partial charge < -0.3 is 5.11 Å². The van der Waals surface area contributed by atoms with E-state index in [1.54, 1.807) is 0 Å². The van der Waals surface area contributed by atoms with E-state index in [0.29, 0.717) is 6.92 Å². The maximum absolute atomic E-state index is 12.7. The second-order valence-electron chi connectivity index (χ2n) is 3.22. The van der Waals surface area contributed by atoms with Crippen LogP contribution in [-0.4, -0.2) is 28.8 Å². The van der Waals surface area contributed by atoms with Gasteiger partial charge in [-0.3, -0.25) is 0 Å². The second-order valence-corrected chi connectivity index (χ2v) is 3.22. The number of hydrogen-bond donors (Lipinski definition) is 1. The lowest BCUT2D eigenvalue weighted by atomic mass is 10.0. The van der Waals surface area contributed by atoms with Crippen molar-refractivity contribution in [2.24, 2.45) is 0 Å². The van der Waals surface area contributed by atoms with Crippen molar-refractivity contribution in [2.45, 2.75) is 31.6 Å². The average Bonchev–Trinajstić information content (AvgIpc) is 2.00. The van der Waals surface area contributed by atoms with Gasteiger partial charge in [-0.15, -0.1) is 0 Å². The highest BCUT2D eigenvalue weighted by Gasteiger charge is 2.68. The molecule has 94 valence electrons. The van der Waals surface area contributed by atoms with Crippen molar-refractivity contribution in [2.75, 3.05) is 0 Å². The number of aliphatic carboxylic acids is 1. The van der Waals surface area contributed by atoms with Crippen LogP contribution in [0.25, 0.3) is 0 Å². The van der Waals surface area contributed by atoms with Gasteiger partial charge in [0.25, 0.3) is 0 Å². The fraction of sp³-hybridized carbons (Fsp3) is 0.625. The zero-order chi connectivity index (χ0) is 13.4. The van der Waals surface area contributed by atoms with Crippen molar-refractivity contribution in [3.63, 3.8) is 0 Å². The molecule has 1 N–H and O–H groups in total. The maximum atomic E-state index is 12.7. The number of halogens is 6. The highest BCUT2D eigenvalue weighted by molar-refractivity contribution is 5.86. The van der Waals surface area contributed by atoms with Gasteiger partial charge >= 0.3 is 23.7 Å². The Kier molecular flexibility index (Phi) is 3.68. The van der Waals surface area contributed by atoms with Crippen LogP contribution in [0.5, 0.6) is 0 Å². The zero-order valence-corrected chi connectivity index (χ0v) is 8.20. The van der Waals surface area contributed by atoms with E-state index in [1.807, 2.05) is 0 Å². The fourth-order valence-corrected chi connectivity index (χ4v) is 0.717. The minimum atomic E-state index is -5.66. The average molecular weight is 250 g/mol. The van der Waals surface area contributed by atoms with Crippen molar-refractivity contribution in [3.05, 3.63) is 11.6 Å². The van der Waals surface area contributed by atoms with Crippen LogP contribution in [0, 0.1) is 0 Å². The molecular formula is C8H8F6O2. The minimum absolute atomic E-state index is 0.370. The third-order valence-corrected chi connectivity index (χ3v) is 1.71. The van der Waals surface area contributed by atoms with Crippen LogP contribution in [0.1, 0.15) is 13.8 Å². The van der Waals surface area contributed by atoms with E-state index in [1.165, 1.54) is 0 Å². The van der Waals surface area contributed by atoms with Crippen LogP contribution >= 0.6 is 0 Å². The number of rotatable bonds is 4. The van der Waals surface area contributed by atoms with Crippen molar-refractivity contribution >= 4 is 5.97 Å². The summed E-state index contributed by atoms with van der Waals surface area (Å²) in [4.78, 5) is 10.1. The molecule has 0 aliphatic rings. The summed E-state index contributed by atoms with van der Waals surface area (Å²) < 4.78 is 75.1. The first-order valence-electron chi connectivity index (χ1n) is 3.89. The fourth-order valence-electron chi connectivity index (χ4n) is 0.717. The molecular weight excluding hydrogens is 242 g/mol. The second kappa shape index (κ2) is 3.99. The van der Waals surface area contributed by atoms with E-state index in [4.69, 9.17) is 5.11 Å². The molecule has 0 heterocycles. The largest absolute Gasteiger partial charge is 0.478 e. The van der Waals surface area contributed by atoms with E-state index in [0.717, 1.165) is 0 Å². The summed E-state index contributed by atoms with van der Waals surface area (Å²) in [5, 5.41) is 8.18. The van der Waals surface area contributed by atoms with Gasteiger partial charge in [0.1, 0.15) is 0 Å². The first-order valence-corrected chi connectivity index (χ1v) is 3.89. The molecule has 0 aromatic carbocycles. The lowest BCUT2D eigenvalue weighted by Gasteiger charge is -2.28. The molecule has 16 heavy (non-hydrogen) atoms. The Morgan fingerprint density at radius 3 is 1.75 bits per heavy atom. The number of allylic oxidation sites excluding steroid dienone is 1. The molecule has 0 aliphatic heterocycles. The van der Waals surface area contributed by atoms with Crippen molar-refractivity contribution < 1.29 is 36.2 Å². The van der Waals surface area contributed by atoms with Gasteiger partial charge in [-0.1, -0.05) is 0 Å². The molecule has 8 heteroatoms. The highest BCUT2D eigenvalue weighted by Crippen LogP contribution is 2.46. The van der Waals surface area contributed by atoms with Crippen LogP contribution < -0.4 is 0 Å². The first kappa shape index (κ1) is 14.8. The summed E-state index contributed by atoms with van der Waals surface area (Å²) in [6, 6.07) is 0. The third-order valence-electron chi connectivity index (χ3n) is 1.71. The summed E-state index contributed by atoms with van der Waals surface area (Å²) in [5.41, 5.74) is -1.14. The van der Waals surface area contributed by atoms with Gasteiger partial charge in [0.05, 0.1) is 0 Å². The van der Waals surface area contributed by atoms with Gasteiger partial charge in [-0.25, -0.2) is 4.79 Å². The molecule has 0 unspecified atom stereocenters. The molecule has 0 bridgehead atoms. The third kappa shape index (κ3) is 2.67. The topological polar surface area (TPSA) is 37.3 Å². The van der Waals surface area contributed by atoms with Crippen LogP contribution in [-0.2, 0) is 4.79 Å².